The summed E-state index contributed by atoms with van der Waals surface area (Å²) >= 11 is 5.93. The highest BCUT2D eigenvalue weighted by molar-refractivity contribution is 6.30. The Balaban J connectivity index is 0.00000220. The number of nitrogens with one attached hydrogen (secondary N) is 1. The molecule has 21 heavy (non-hydrogen) atoms. The minimum atomic E-state index is 0. The molecule has 0 fully saturated rings. The summed E-state index contributed by atoms with van der Waals surface area (Å²) in [5, 5.41) is 8.12. The molecule has 0 aromatic heterocycles. The number of halogens is 2. The minimum Gasteiger partial charge on any atom is -0.388 e. The number of benzene rings is 2. The topological polar surface area (TPSA) is 53.1 Å². The second kappa shape index (κ2) is 8.55. The van der Waals surface area contributed by atoms with Crippen molar-refractivity contribution in [1.29, 1.82) is 5.41 Å². The summed E-state index contributed by atoms with van der Waals surface area (Å²) in [7, 11) is 0. The molecule has 0 saturated carbocycles. The quantitative estimate of drug-likeness (QED) is 0.621. The molecule has 0 aliphatic rings. The van der Waals surface area contributed by atoms with E-state index in [1.165, 1.54) is 5.56 Å². The SMILES string of the molecule is Cl.N=C(N)CCN(Cc1ccccc1)c1ccc(Cl)cc1. The molecule has 112 valence electrons. The summed E-state index contributed by atoms with van der Waals surface area (Å²) in [4.78, 5) is 2.20. The van der Waals surface area contributed by atoms with Crippen molar-refractivity contribution in [3.8, 4) is 0 Å². The van der Waals surface area contributed by atoms with Crippen LogP contribution in [0.5, 0.6) is 0 Å². The molecule has 0 aliphatic heterocycles. The summed E-state index contributed by atoms with van der Waals surface area (Å²) in [6, 6.07) is 18.0. The number of hydrogen-bond acceptors (Lipinski definition) is 2. The van der Waals surface area contributed by atoms with E-state index in [0.29, 0.717) is 13.0 Å². The van der Waals surface area contributed by atoms with Crippen LogP contribution in [0.4, 0.5) is 5.69 Å². The largest absolute Gasteiger partial charge is 0.388 e. The third kappa shape index (κ3) is 5.66. The van der Waals surface area contributed by atoms with Gasteiger partial charge >= 0.3 is 0 Å². The summed E-state index contributed by atoms with van der Waals surface area (Å²) < 4.78 is 0. The van der Waals surface area contributed by atoms with Crippen LogP contribution in [-0.4, -0.2) is 12.4 Å². The van der Waals surface area contributed by atoms with Crippen molar-refractivity contribution < 1.29 is 0 Å². The molecule has 3 N–H and O–H groups in total. The van der Waals surface area contributed by atoms with Crippen LogP contribution >= 0.6 is 24.0 Å². The first-order valence-electron chi connectivity index (χ1n) is 6.52. The van der Waals surface area contributed by atoms with E-state index < -0.39 is 0 Å². The van der Waals surface area contributed by atoms with E-state index in [2.05, 4.69) is 17.0 Å². The van der Waals surface area contributed by atoms with Crippen LogP contribution in [0.25, 0.3) is 0 Å². The smallest absolute Gasteiger partial charge is 0.0923 e. The van der Waals surface area contributed by atoms with Gasteiger partial charge in [-0.25, -0.2) is 0 Å². The molecule has 0 saturated heterocycles. The van der Waals surface area contributed by atoms with Crippen molar-refractivity contribution in [2.24, 2.45) is 5.73 Å². The standard InChI is InChI=1S/C16H18ClN3.ClH/c17-14-6-8-15(9-7-14)20(11-10-16(18)19)12-13-4-2-1-3-5-13;/h1-9H,10-12H2,(H3,18,19);1H. The maximum Gasteiger partial charge on any atom is 0.0923 e. The van der Waals surface area contributed by atoms with Gasteiger partial charge in [-0.2, -0.15) is 0 Å². The molecule has 0 radical (unpaired) electrons. The Bertz CT molecular complexity index is 555. The Kier molecular flexibility index (Phi) is 7.06. The van der Waals surface area contributed by atoms with Gasteiger partial charge in [0.15, 0.2) is 0 Å². The van der Waals surface area contributed by atoms with Gasteiger partial charge in [0.05, 0.1) is 5.84 Å². The highest BCUT2D eigenvalue weighted by Crippen LogP contribution is 2.20. The lowest BCUT2D eigenvalue weighted by Crippen LogP contribution is -2.27. The van der Waals surface area contributed by atoms with Crippen LogP contribution in [0.15, 0.2) is 54.6 Å². The third-order valence-corrected chi connectivity index (χ3v) is 3.31. The van der Waals surface area contributed by atoms with Crippen molar-refractivity contribution >= 4 is 35.5 Å². The minimum absolute atomic E-state index is 0. The third-order valence-electron chi connectivity index (χ3n) is 3.06. The van der Waals surface area contributed by atoms with Gasteiger partial charge in [-0.15, -0.1) is 12.4 Å². The van der Waals surface area contributed by atoms with Gasteiger partial charge < -0.3 is 10.6 Å². The molecule has 0 bridgehead atoms. The number of nitrogens with two attached hydrogens (primary N) is 1. The molecule has 0 amide bonds. The van der Waals surface area contributed by atoms with Gasteiger partial charge in [-0.3, -0.25) is 5.41 Å². The number of nitrogens with zero attached hydrogens (tertiary/aromatic N) is 1. The van der Waals surface area contributed by atoms with Gasteiger partial charge in [0.25, 0.3) is 0 Å². The van der Waals surface area contributed by atoms with Crippen molar-refractivity contribution in [2.45, 2.75) is 13.0 Å². The highest BCUT2D eigenvalue weighted by Gasteiger charge is 2.08. The fourth-order valence-electron chi connectivity index (χ4n) is 2.01. The number of rotatable bonds is 6. The lowest BCUT2D eigenvalue weighted by molar-refractivity contribution is 0.802. The van der Waals surface area contributed by atoms with E-state index in [0.717, 1.165) is 17.3 Å². The van der Waals surface area contributed by atoms with E-state index in [-0.39, 0.29) is 18.2 Å². The molecule has 0 unspecified atom stereocenters. The lowest BCUT2D eigenvalue weighted by Gasteiger charge is -2.25. The molecule has 3 nitrogen and oxygen atoms in total. The van der Waals surface area contributed by atoms with Gasteiger partial charge in [-0.1, -0.05) is 41.9 Å². The van der Waals surface area contributed by atoms with E-state index in [1.54, 1.807) is 0 Å². The van der Waals surface area contributed by atoms with E-state index in [4.69, 9.17) is 22.7 Å². The molecule has 2 aromatic rings. The number of amidine groups is 1. The molecule has 5 heteroatoms. The van der Waals surface area contributed by atoms with Gasteiger partial charge in [0.1, 0.15) is 0 Å². The molecule has 0 aliphatic carbocycles. The number of hydrogen-bond donors (Lipinski definition) is 2. The Morgan fingerprint density at radius 1 is 1.05 bits per heavy atom. The van der Waals surface area contributed by atoms with Crippen LogP contribution < -0.4 is 10.6 Å². The summed E-state index contributed by atoms with van der Waals surface area (Å²) in [5.41, 5.74) is 7.78. The predicted octanol–water partition coefficient (Wildman–Crippen LogP) is 4.09. The molecule has 0 heterocycles. The monoisotopic (exact) mass is 323 g/mol. The molecule has 0 atom stereocenters. The lowest BCUT2D eigenvalue weighted by atomic mass is 10.2. The van der Waals surface area contributed by atoms with Crippen LogP contribution in [-0.2, 0) is 6.54 Å². The fourth-order valence-corrected chi connectivity index (χ4v) is 2.14. The Morgan fingerprint density at radius 2 is 1.67 bits per heavy atom. The summed E-state index contributed by atoms with van der Waals surface area (Å²) in [6.07, 6.45) is 0.551. The fraction of sp³-hybridized carbons (Fsp3) is 0.188. The Hall–Kier alpha value is -1.71. The van der Waals surface area contributed by atoms with Crippen LogP contribution in [0.1, 0.15) is 12.0 Å². The van der Waals surface area contributed by atoms with Crippen molar-refractivity contribution in [1.82, 2.24) is 0 Å². The zero-order chi connectivity index (χ0) is 14.4. The van der Waals surface area contributed by atoms with Gasteiger partial charge in [0.2, 0.25) is 0 Å². The molecule has 2 rings (SSSR count). The number of anilines is 1. The molecular formula is C16H19Cl2N3. The van der Waals surface area contributed by atoms with Crippen molar-refractivity contribution in [2.75, 3.05) is 11.4 Å². The van der Waals surface area contributed by atoms with Gasteiger partial charge in [-0.05, 0) is 29.8 Å². The van der Waals surface area contributed by atoms with Crippen molar-refractivity contribution in [3.05, 3.63) is 65.2 Å². The Labute approximate surface area is 136 Å². The zero-order valence-electron chi connectivity index (χ0n) is 11.6. The summed E-state index contributed by atoms with van der Waals surface area (Å²) in [5.74, 6) is 0.206. The summed E-state index contributed by atoms with van der Waals surface area (Å²) in [6.45, 7) is 1.50. The van der Waals surface area contributed by atoms with E-state index >= 15 is 0 Å². The first kappa shape index (κ1) is 17.3. The molecular weight excluding hydrogens is 305 g/mol. The molecule has 0 spiro atoms. The average Bonchev–Trinajstić information content (AvgIpc) is 2.45. The van der Waals surface area contributed by atoms with E-state index in [9.17, 15) is 0 Å². The average molecular weight is 324 g/mol. The normalized spacial score (nSPS) is 9.76. The second-order valence-electron chi connectivity index (χ2n) is 4.66. The maximum absolute atomic E-state index is 7.39. The zero-order valence-corrected chi connectivity index (χ0v) is 13.2. The van der Waals surface area contributed by atoms with Crippen LogP contribution in [0, 0.1) is 5.41 Å². The van der Waals surface area contributed by atoms with Crippen LogP contribution in [0.2, 0.25) is 5.02 Å². The Morgan fingerprint density at radius 3 is 2.24 bits per heavy atom. The first-order valence-corrected chi connectivity index (χ1v) is 6.90. The predicted molar refractivity (Wildman–Crippen MR) is 92.7 cm³/mol. The van der Waals surface area contributed by atoms with Gasteiger partial charge in [0, 0.05) is 30.2 Å². The first-order chi connectivity index (χ1) is 9.65. The second-order valence-corrected chi connectivity index (χ2v) is 5.10. The van der Waals surface area contributed by atoms with E-state index in [1.807, 2.05) is 42.5 Å². The molecule has 2 aromatic carbocycles. The maximum atomic E-state index is 7.39. The highest BCUT2D eigenvalue weighted by atomic mass is 35.5. The van der Waals surface area contributed by atoms with Crippen molar-refractivity contribution in [3.63, 3.8) is 0 Å². The van der Waals surface area contributed by atoms with Crippen LogP contribution in [0.3, 0.4) is 0 Å².